The molecule has 0 heterocycles. The van der Waals surface area contributed by atoms with Gasteiger partial charge in [0.1, 0.15) is 14.7 Å². The second-order valence-corrected chi connectivity index (χ2v) is 8.95. The van der Waals surface area contributed by atoms with E-state index < -0.39 is 14.0 Å². The molecule has 22 heavy (non-hydrogen) atoms. The fraction of sp³-hybridized carbons (Fsp3) is 0.353. The number of hydrogen-bond donors (Lipinski definition) is 0. The summed E-state index contributed by atoms with van der Waals surface area (Å²) in [6, 6.07) is 8.36. The van der Waals surface area contributed by atoms with Crippen molar-refractivity contribution >= 4 is 19.2 Å². The summed E-state index contributed by atoms with van der Waals surface area (Å²) >= 11 is 0. The minimum Gasteiger partial charge on any atom is -0.379 e. The van der Waals surface area contributed by atoms with Gasteiger partial charge in [-0.2, -0.15) is 4.89 Å². The third kappa shape index (κ3) is 4.66. The van der Waals surface area contributed by atoms with Gasteiger partial charge in [0.2, 0.25) is 0 Å². The topological polar surface area (TPSA) is 44.8 Å². The maximum Gasteiger partial charge on any atom is 0.373 e. The van der Waals surface area contributed by atoms with Gasteiger partial charge in [-0.05, 0) is 25.1 Å². The Morgan fingerprint density at radius 3 is 2.27 bits per heavy atom. The lowest BCUT2D eigenvalue weighted by Gasteiger charge is -2.23. The molecule has 5 heteroatoms. The molecule has 0 bridgehead atoms. The molecule has 0 fully saturated rings. The van der Waals surface area contributed by atoms with E-state index in [1.165, 1.54) is 5.19 Å². The quantitative estimate of drug-likeness (QED) is 0.288. The third-order valence-corrected chi connectivity index (χ3v) is 7.66. The Bertz CT molecular complexity index is 488. The monoisotopic (exact) mass is 320 g/mol. The van der Waals surface area contributed by atoms with Crippen molar-refractivity contribution in [3.63, 3.8) is 0 Å². The highest BCUT2D eigenvalue weighted by Crippen LogP contribution is 2.13. The van der Waals surface area contributed by atoms with E-state index in [0.717, 1.165) is 6.04 Å². The van der Waals surface area contributed by atoms with Gasteiger partial charge in [-0.3, -0.25) is 4.89 Å². The van der Waals surface area contributed by atoms with Crippen LogP contribution in [0.3, 0.4) is 0 Å². The maximum absolute atomic E-state index is 11.8. The molecular formula is C17H24O4Si. The van der Waals surface area contributed by atoms with Gasteiger partial charge < -0.3 is 4.74 Å². The van der Waals surface area contributed by atoms with Crippen molar-refractivity contribution in [1.82, 2.24) is 0 Å². The summed E-state index contributed by atoms with van der Waals surface area (Å²) < 4.78 is 5.08. The fourth-order valence-corrected chi connectivity index (χ4v) is 4.52. The molecule has 0 saturated carbocycles. The number of hydrogen-bond acceptors (Lipinski definition) is 4. The minimum atomic E-state index is -1.86. The summed E-state index contributed by atoms with van der Waals surface area (Å²) in [5, 5.41) is 1.17. The molecule has 0 aliphatic carbocycles. The summed E-state index contributed by atoms with van der Waals surface area (Å²) in [6.07, 6.45) is 0. The van der Waals surface area contributed by atoms with Crippen LogP contribution in [0.15, 0.2) is 48.8 Å². The predicted molar refractivity (Wildman–Crippen MR) is 90.6 cm³/mol. The van der Waals surface area contributed by atoms with Gasteiger partial charge in [-0.25, -0.2) is 4.79 Å². The molecule has 0 atom stereocenters. The molecule has 0 unspecified atom stereocenters. The van der Waals surface area contributed by atoms with Gasteiger partial charge in [0.15, 0.2) is 0 Å². The van der Waals surface area contributed by atoms with E-state index in [1.807, 2.05) is 30.5 Å². The predicted octanol–water partition coefficient (Wildman–Crippen LogP) is 2.94. The zero-order valence-corrected chi connectivity index (χ0v) is 14.3. The molecule has 120 valence electrons. The normalized spacial score (nSPS) is 11.0. The van der Waals surface area contributed by atoms with Gasteiger partial charge in [-0.15, -0.1) is 13.2 Å². The molecule has 0 amide bonds. The molecule has 0 aliphatic heterocycles. The summed E-state index contributed by atoms with van der Waals surface area (Å²) in [4.78, 5) is 21.4. The second-order valence-electron chi connectivity index (χ2n) is 4.77. The van der Waals surface area contributed by atoms with Crippen LogP contribution in [0, 0.1) is 0 Å². The lowest BCUT2D eigenvalue weighted by Crippen LogP contribution is -2.43. The number of carbonyl (C=O) groups is 1. The van der Waals surface area contributed by atoms with Crippen LogP contribution in [-0.2, 0) is 14.5 Å². The molecular weight excluding hydrogens is 296 g/mol. The average Bonchev–Trinajstić information content (AvgIpc) is 2.57. The van der Waals surface area contributed by atoms with Gasteiger partial charge >= 0.3 is 5.97 Å². The van der Waals surface area contributed by atoms with E-state index in [9.17, 15) is 4.79 Å². The van der Waals surface area contributed by atoms with Crippen LogP contribution in [0.4, 0.5) is 0 Å². The molecule has 1 aromatic carbocycles. The Kier molecular flexibility index (Phi) is 7.80. The van der Waals surface area contributed by atoms with Crippen LogP contribution < -0.4 is 5.19 Å². The molecule has 0 N–H and O–H groups in total. The Morgan fingerprint density at radius 1 is 1.14 bits per heavy atom. The molecule has 0 saturated heterocycles. The summed E-state index contributed by atoms with van der Waals surface area (Å²) in [5.74, 6) is -0.510. The highest BCUT2D eigenvalue weighted by Gasteiger charge is 2.26. The Hall–Kier alpha value is -1.69. The van der Waals surface area contributed by atoms with Crippen molar-refractivity contribution in [2.24, 2.45) is 0 Å². The average molecular weight is 320 g/mol. The number of rotatable bonds is 10. The van der Waals surface area contributed by atoms with E-state index in [1.54, 1.807) is 12.1 Å². The first kappa shape index (κ1) is 18.4. The molecule has 4 nitrogen and oxygen atoms in total. The minimum absolute atomic E-state index is 0.219. The lowest BCUT2D eigenvalue weighted by atomic mass is 10.2. The SMILES string of the molecule is C=C[Si](C=C)(CC)c1ccc(C(=O)OOCCOCC)cc1. The van der Waals surface area contributed by atoms with Crippen molar-refractivity contribution in [3.05, 3.63) is 54.4 Å². The molecule has 0 aromatic heterocycles. The highest BCUT2D eigenvalue weighted by atomic mass is 28.3. The molecule has 0 radical (unpaired) electrons. The standard InChI is InChI=1S/C17H24O4Si/c1-5-19-13-14-20-21-17(18)15-9-11-16(12-10-15)22(6-2,7-3)8-4/h6-7,9-12H,2-3,5,8,13-14H2,1,4H3. The Balaban J connectivity index is 2.66. The lowest BCUT2D eigenvalue weighted by molar-refractivity contribution is -0.247. The number of carbonyl (C=O) groups excluding carboxylic acids is 1. The summed E-state index contributed by atoms with van der Waals surface area (Å²) in [6.45, 7) is 13.1. The van der Waals surface area contributed by atoms with Crippen molar-refractivity contribution in [1.29, 1.82) is 0 Å². The van der Waals surface area contributed by atoms with Crippen LogP contribution >= 0.6 is 0 Å². The van der Waals surface area contributed by atoms with Crippen LogP contribution in [0.1, 0.15) is 24.2 Å². The van der Waals surface area contributed by atoms with Crippen molar-refractivity contribution in [3.8, 4) is 0 Å². The van der Waals surface area contributed by atoms with Crippen LogP contribution in [-0.4, -0.2) is 33.9 Å². The Labute approximate surface area is 133 Å². The summed E-state index contributed by atoms with van der Waals surface area (Å²) in [7, 11) is -1.86. The first-order valence-electron chi connectivity index (χ1n) is 7.42. The molecule has 1 aromatic rings. The highest BCUT2D eigenvalue weighted by molar-refractivity contribution is 6.99. The van der Waals surface area contributed by atoms with E-state index >= 15 is 0 Å². The summed E-state index contributed by atoms with van der Waals surface area (Å²) in [5.41, 5.74) is 4.46. The van der Waals surface area contributed by atoms with Crippen molar-refractivity contribution < 1.29 is 19.3 Å². The zero-order chi connectivity index (χ0) is 16.4. The first-order valence-corrected chi connectivity index (χ1v) is 9.79. The second kappa shape index (κ2) is 9.35. The van der Waals surface area contributed by atoms with E-state index in [4.69, 9.17) is 14.5 Å². The maximum atomic E-state index is 11.8. The first-order chi connectivity index (χ1) is 10.6. The van der Waals surface area contributed by atoms with Crippen LogP contribution in [0.25, 0.3) is 0 Å². The van der Waals surface area contributed by atoms with Gasteiger partial charge in [0.05, 0.1) is 12.2 Å². The molecule has 0 spiro atoms. The zero-order valence-electron chi connectivity index (χ0n) is 13.3. The van der Waals surface area contributed by atoms with Crippen LogP contribution in [0.5, 0.6) is 0 Å². The van der Waals surface area contributed by atoms with E-state index in [2.05, 4.69) is 20.1 Å². The smallest absolute Gasteiger partial charge is 0.373 e. The van der Waals surface area contributed by atoms with Gasteiger partial charge in [0.25, 0.3) is 0 Å². The molecule has 1 rings (SSSR count). The molecule has 0 aliphatic rings. The number of ether oxygens (including phenoxy) is 1. The van der Waals surface area contributed by atoms with Crippen molar-refractivity contribution in [2.45, 2.75) is 19.9 Å². The van der Waals surface area contributed by atoms with Gasteiger partial charge in [-0.1, -0.05) is 35.6 Å². The fourth-order valence-electron chi connectivity index (χ4n) is 2.11. The van der Waals surface area contributed by atoms with E-state index in [0.29, 0.717) is 18.8 Å². The third-order valence-electron chi connectivity index (χ3n) is 3.62. The van der Waals surface area contributed by atoms with Crippen molar-refractivity contribution in [2.75, 3.05) is 19.8 Å². The Morgan fingerprint density at radius 2 is 1.77 bits per heavy atom. The number of benzene rings is 1. The van der Waals surface area contributed by atoms with E-state index in [-0.39, 0.29) is 6.61 Å². The van der Waals surface area contributed by atoms with Crippen LogP contribution in [0.2, 0.25) is 6.04 Å². The van der Waals surface area contributed by atoms with Gasteiger partial charge in [0, 0.05) is 6.61 Å². The largest absolute Gasteiger partial charge is 0.379 e.